The first-order valence-electron chi connectivity index (χ1n) is 7.63. The lowest BCUT2D eigenvalue weighted by Gasteiger charge is -2.32. The molecule has 1 aliphatic rings. The van der Waals surface area contributed by atoms with E-state index < -0.39 is 0 Å². The molecule has 3 aromatic rings. The number of ether oxygens (including phenoxy) is 1. The molecule has 0 bridgehead atoms. The molecule has 1 aromatic carbocycles. The van der Waals surface area contributed by atoms with Crippen LogP contribution in [0.3, 0.4) is 0 Å². The first-order valence-corrected chi connectivity index (χ1v) is 8.51. The number of rotatable bonds is 2. The summed E-state index contributed by atoms with van der Waals surface area (Å²) >= 11 is 1.54. The Balaban J connectivity index is 1.46. The van der Waals surface area contributed by atoms with Gasteiger partial charge in [0.15, 0.2) is 11.5 Å². The molecular formula is C16H16N4O3S. The number of nitrogens with zero attached hydrogens (tertiary/aromatic N) is 3. The third-order valence-electron chi connectivity index (χ3n) is 3.83. The zero-order valence-corrected chi connectivity index (χ0v) is 13.9. The smallest absolute Gasteiger partial charge is 0.322 e. The van der Waals surface area contributed by atoms with Crippen LogP contribution in [0.25, 0.3) is 11.1 Å². The van der Waals surface area contributed by atoms with Crippen LogP contribution < -0.4 is 5.32 Å². The molecule has 0 aliphatic carbocycles. The summed E-state index contributed by atoms with van der Waals surface area (Å²) in [6.45, 7) is 3.34. The SMILES string of the molecule is Cc1nc2ccc(NC(=O)N3CCO[C@H](c4nccs4)C3)cc2o1. The Bertz CT molecular complexity index is 861. The highest BCUT2D eigenvalue weighted by Crippen LogP contribution is 2.25. The third-order valence-corrected chi connectivity index (χ3v) is 4.69. The summed E-state index contributed by atoms with van der Waals surface area (Å²) in [5, 5.41) is 5.71. The number of aryl methyl sites for hydroxylation is 1. The molecule has 2 amide bonds. The van der Waals surface area contributed by atoms with Crippen molar-refractivity contribution in [3.63, 3.8) is 0 Å². The van der Waals surface area contributed by atoms with Crippen molar-refractivity contribution in [3.05, 3.63) is 40.7 Å². The van der Waals surface area contributed by atoms with E-state index in [1.165, 1.54) is 11.3 Å². The van der Waals surface area contributed by atoms with Crippen LogP contribution in [0.1, 0.15) is 17.0 Å². The second-order valence-electron chi connectivity index (χ2n) is 5.52. The Labute approximate surface area is 142 Å². The summed E-state index contributed by atoms with van der Waals surface area (Å²) in [5.74, 6) is 0.605. The van der Waals surface area contributed by atoms with Gasteiger partial charge >= 0.3 is 6.03 Å². The number of hydrogen-bond donors (Lipinski definition) is 1. The molecule has 7 nitrogen and oxygen atoms in total. The van der Waals surface area contributed by atoms with Gasteiger partial charge in [-0.25, -0.2) is 14.8 Å². The lowest BCUT2D eigenvalue weighted by Crippen LogP contribution is -2.44. The van der Waals surface area contributed by atoms with Crippen LogP contribution in [0, 0.1) is 6.92 Å². The van der Waals surface area contributed by atoms with Crippen molar-refractivity contribution in [1.29, 1.82) is 0 Å². The van der Waals surface area contributed by atoms with Gasteiger partial charge in [0.05, 0.1) is 13.2 Å². The second-order valence-corrected chi connectivity index (χ2v) is 6.45. The number of morpholine rings is 1. The number of oxazole rings is 1. The van der Waals surface area contributed by atoms with E-state index in [1.807, 2.05) is 17.5 Å². The van der Waals surface area contributed by atoms with E-state index >= 15 is 0 Å². The summed E-state index contributed by atoms with van der Waals surface area (Å²) in [4.78, 5) is 22.8. The van der Waals surface area contributed by atoms with Gasteiger partial charge in [0.2, 0.25) is 0 Å². The topological polar surface area (TPSA) is 80.5 Å². The van der Waals surface area contributed by atoms with Crippen LogP contribution in [-0.2, 0) is 4.74 Å². The minimum atomic E-state index is -0.163. The van der Waals surface area contributed by atoms with Gasteiger partial charge in [0.25, 0.3) is 0 Å². The van der Waals surface area contributed by atoms with Crippen molar-refractivity contribution < 1.29 is 13.9 Å². The quantitative estimate of drug-likeness (QED) is 0.772. The van der Waals surface area contributed by atoms with E-state index in [-0.39, 0.29) is 12.1 Å². The number of thiazole rings is 1. The predicted molar refractivity (Wildman–Crippen MR) is 90.1 cm³/mol. The van der Waals surface area contributed by atoms with Gasteiger partial charge in [-0.3, -0.25) is 0 Å². The van der Waals surface area contributed by atoms with E-state index in [4.69, 9.17) is 9.15 Å². The predicted octanol–water partition coefficient (Wildman–Crippen LogP) is 3.20. The Morgan fingerprint density at radius 2 is 2.38 bits per heavy atom. The summed E-state index contributed by atoms with van der Waals surface area (Å²) in [7, 11) is 0. The summed E-state index contributed by atoms with van der Waals surface area (Å²) in [6, 6.07) is 5.28. The van der Waals surface area contributed by atoms with Gasteiger partial charge in [-0.15, -0.1) is 11.3 Å². The van der Waals surface area contributed by atoms with Crippen molar-refractivity contribution in [2.45, 2.75) is 13.0 Å². The van der Waals surface area contributed by atoms with Crippen molar-refractivity contribution >= 4 is 34.2 Å². The van der Waals surface area contributed by atoms with Crippen molar-refractivity contribution in [2.24, 2.45) is 0 Å². The number of carbonyl (C=O) groups excluding carboxylic acids is 1. The molecule has 0 unspecified atom stereocenters. The Morgan fingerprint density at radius 1 is 1.46 bits per heavy atom. The average Bonchev–Trinajstić information content (AvgIpc) is 3.23. The lowest BCUT2D eigenvalue weighted by atomic mass is 10.2. The van der Waals surface area contributed by atoms with Gasteiger partial charge < -0.3 is 19.4 Å². The molecule has 1 atom stereocenters. The molecule has 1 aliphatic heterocycles. The summed E-state index contributed by atoms with van der Waals surface area (Å²) in [5.41, 5.74) is 2.12. The molecule has 124 valence electrons. The molecule has 0 radical (unpaired) electrons. The third kappa shape index (κ3) is 2.98. The van der Waals surface area contributed by atoms with Crippen LogP contribution in [0.2, 0.25) is 0 Å². The first kappa shape index (κ1) is 15.1. The van der Waals surface area contributed by atoms with E-state index in [2.05, 4.69) is 15.3 Å². The van der Waals surface area contributed by atoms with Gasteiger partial charge in [-0.1, -0.05) is 0 Å². The van der Waals surface area contributed by atoms with Crippen molar-refractivity contribution in [3.8, 4) is 0 Å². The highest BCUT2D eigenvalue weighted by Gasteiger charge is 2.27. The maximum Gasteiger partial charge on any atom is 0.322 e. The number of carbonyl (C=O) groups is 1. The van der Waals surface area contributed by atoms with Crippen LogP contribution in [0.5, 0.6) is 0 Å². The van der Waals surface area contributed by atoms with E-state index in [0.717, 1.165) is 10.5 Å². The van der Waals surface area contributed by atoms with Gasteiger partial charge in [0, 0.05) is 36.8 Å². The Morgan fingerprint density at radius 3 is 3.21 bits per heavy atom. The summed E-state index contributed by atoms with van der Waals surface area (Å²) in [6.07, 6.45) is 1.58. The molecule has 2 aromatic heterocycles. The number of nitrogens with one attached hydrogen (secondary N) is 1. The number of amides is 2. The lowest BCUT2D eigenvalue weighted by molar-refractivity contribution is -0.0135. The van der Waals surface area contributed by atoms with Crippen molar-refractivity contribution in [2.75, 3.05) is 25.0 Å². The standard InChI is InChI=1S/C16H16N4O3S/c1-10-18-12-3-2-11(8-13(12)23-10)19-16(21)20-5-6-22-14(9-20)15-17-4-7-24-15/h2-4,7-8,14H,5-6,9H2,1H3,(H,19,21)/t14-/m0/s1. The molecule has 4 rings (SSSR count). The number of hydrogen-bond acceptors (Lipinski definition) is 6. The van der Waals surface area contributed by atoms with Crippen LogP contribution >= 0.6 is 11.3 Å². The average molecular weight is 344 g/mol. The fraction of sp³-hybridized carbons (Fsp3) is 0.312. The number of benzene rings is 1. The van der Waals surface area contributed by atoms with Crippen molar-refractivity contribution in [1.82, 2.24) is 14.9 Å². The van der Waals surface area contributed by atoms with Crippen LogP contribution in [0.4, 0.5) is 10.5 Å². The molecule has 1 N–H and O–H groups in total. The molecule has 0 spiro atoms. The number of aromatic nitrogens is 2. The maximum absolute atomic E-state index is 12.5. The zero-order chi connectivity index (χ0) is 16.5. The normalized spacial score (nSPS) is 18.0. The number of urea groups is 1. The van der Waals surface area contributed by atoms with Crippen LogP contribution in [0.15, 0.2) is 34.2 Å². The largest absolute Gasteiger partial charge is 0.441 e. The van der Waals surface area contributed by atoms with Gasteiger partial charge in [-0.05, 0) is 12.1 Å². The highest BCUT2D eigenvalue weighted by atomic mass is 32.1. The molecule has 0 saturated carbocycles. The molecule has 24 heavy (non-hydrogen) atoms. The minimum absolute atomic E-state index is 0.157. The highest BCUT2D eigenvalue weighted by molar-refractivity contribution is 7.09. The first-order chi connectivity index (χ1) is 11.7. The second kappa shape index (κ2) is 6.21. The van der Waals surface area contributed by atoms with E-state index in [9.17, 15) is 4.79 Å². The Hall–Kier alpha value is -2.45. The van der Waals surface area contributed by atoms with E-state index in [0.29, 0.717) is 36.9 Å². The molecule has 1 fully saturated rings. The minimum Gasteiger partial charge on any atom is -0.441 e. The Kier molecular flexibility index (Phi) is 3.91. The number of anilines is 1. The maximum atomic E-state index is 12.5. The monoisotopic (exact) mass is 344 g/mol. The number of fused-ring (bicyclic) bond motifs is 1. The van der Waals surface area contributed by atoms with Crippen LogP contribution in [-0.4, -0.2) is 40.6 Å². The molecule has 8 heteroatoms. The zero-order valence-electron chi connectivity index (χ0n) is 13.1. The van der Waals surface area contributed by atoms with E-state index in [1.54, 1.807) is 24.1 Å². The molecule has 3 heterocycles. The fourth-order valence-electron chi connectivity index (χ4n) is 2.70. The summed E-state index contributed by atoms with van der Waals surface area (Å²) < 4.78 is 11.2. The van der Waals surface area contributed by atoms with Gasteiger partial charge in [-0.2, -0.15) is 0 Å². The molecular weight excluding hydrogens is 328 g/mol. The van der Waals surface area contributed by atoms with Gasteiger partial charge in [0.1, 0.15) is 16.6 Å². The molecule has 1 saturated heterocycles. The fourth-order valence-corrected chi connectivity index (χ4v) is 3.37.